The van der Waals surface area contributed by atoms with Crippen LogP contribution >= 0.6 is 0 Å². The van der Waals surface area contributed by atoms with Gasteiger partial charge in [0.05, 0.1) is 19.1 Å². The average molecular weight is 318 g/mol. The first-order valence-electron chi connectivity index (χ1n) is 7.89. The topological polar surface area (TPSA) is 75.7 Å². The normalized spacial score (nSPS) is 16.8. The molecule has 124 valence electrons. The van der Waals surface area contributed by atoms with E-state index in [0.29, 0.717) is 6.42 Å². The zero-order valence-electron chi connectivity index (χ0n) is 13.3. The van der Waals surface area contributed by atoms with Crippen molar-refractivity contribution in [2.24, 2.45) is 0 Å². The highest BCUT2D eigenvalue weighted by Crippen LogP contribution is 2.11. The van der Waals surface area contributed by atoms with Gasteiger partial charge >= 0.3 is 5.97 Å². The van der Waals surface area contributed by atoms with E-state index in [1.165, 1.54) is 0 Å². The van der Waals surface area contributed by atoms with E-state index in [4.69, 9.17) is 4.74 Å². The van der Waals surface area contributed by atoms with Gasteiger partial charge in [-0.3, -0.25) is 19.3 Å². The molecule has 0 aliphatic carbocycles. The second-order valence-corrected chi connectivity index (χ2v) is 5.43. The van der Waals surface area contributed by atoms with Gasteiger partial charge in [-0.2, -0.15) is 0 Å². The summed E-state index contributed by atoms with van der Waals surface area (Å²) in [5.74, 6) is -1.31. The molecular formula is C17H22N2O4. The van der Waals surface area contributed by atoms with Gasteiger partial charge < -0.3 is 10.1 Å². The Bertz CT molecular complexity index is 553. The molecule has 1 atom stereocenters. The number of ether oxygens (including phenoxy) is 1. The minimum Gasteiger partial charge on any atom is -0.465 e. The Morgan fingerprint density at radius 3 is 2.61 bits per heavy atom. The average Bonchev–Trinajstić information content (AvgIpc) is 3.07. The van der Waals surface area contributed by atoms with E-state index >= 15 is 0 Å². The monoisotopic (exact) mass is 318 g/mol. The first kappa shape index (κ1) is 17.1. The third kappa shape index (κ3) is 4.89. The maximum atomic E-state index is 12.6. The number of esters is 1. The van der Waals surface area contributed by atoms with E-state index < -0.39 is 12.0 Å². The van der Waals surface area contributed by atoms with Gasteiger partial charge in [0, 0.05) is 0 Å². The van der Waals surface area contributed by atoms with Crippen LogP contribution in [0.15, 0.2) is 30.3 Å². The number of hydrogen-bond donors (Lipinski definition) is 1. The fourth-order valence-electron chi connectivity index (χ4n) is 2.57. The minimum atomic E-state index is -0.569. The molecule has 1 aromatic carbocycles. The summed E-state index contributed by atoms with van der Waals surface area (Å²) in [7, 11) is 0. The molecule has 0 bridgehead atoms. The summed E-state index contributed by atoms with van der Waals surface area (Å²) in [6.07, 6.45) is 1.64. The van der Waals surface area contributed by atoms with Gasteiger partial charge in [-0.05, 0) is 31.9 Å². The lowest BCUT2D eigenvalue weighted by atomic mass is 10.1. The predicted octanol–water partition coefficient (Wildman–Crippen LogP) is 0.899. The third-order valence-electron chi connectivity index (χ3n) is 3.72. The van der Waals surface area contributed by atoms with E-state index in [-0.39, 0.29) is 31.4 Å². The fourth-order valence-corrected chi connectivity index (χ4v) is 2.57. The molecule has 6 nitrogen and oxygen atoms in total. The molecule has 2 amide bonds. The number of rotatable bonds is 6. The van der Waals surface area contributed by atoms with E-state index in [1.54, 1.807) is 6.92 Å². The van der Waals surface area contributed by atoms with Crippen molar-refractivity contribution in [1.29, 1.82) is 0 Å². The summed E-state index contributed by atoms with van der Waals surface area (Å²) in [4.78, 5) is 37.8. The lowest BCUT2D eigenvalue weighted by molar-refractivity contribution is -0.155. The van der Waals surface area contributed by atoms with Crippen LogP contribution in [-0.2, 0) is 25.5 Å². The van der Waals surface area contributed by atoms with Crippen molar-refractivity contribution in [3.63, 3.8) is 0 Å². The molecule has 1 N–H and O–H groups in total. The molecule has 1 saturated heterocycles. The summed E-state index contributed by atoms with van der Waals surface area (Å²) >= 11 is 0. The SMILES string of the molecule is CCOC(=O)CN(C(=O)Cc1ccccc1)C(=O)[C@@H]1CCCN1. The van der Waals surface area contributed by atoms with Gasteiger partial charge in [-0.1, -0.05) is 30.3 Å². The standard InChI is InChI=1S/C17H22N2O4/c1-2-23-16(21)12-19(17(22)14-9-6-10-18-14)15(20)11-13-7-4-3-5-8-13/h3-5,7-8,14,18H,2,6,9-12H2,1H3/t14-/m0/s1. The predicted molar refractivity (Wildman–Crippen MR) is 84.5 cm³/mol. The molecule has 0 radical (unpaired) electrons. The van der Waals surface area contributed by atoms with E-state index in [9.17, 15) is 14.4 Å². The number of benzene rings is 1. The van der Waals surface area contributed by atoms with Crippen molar-refractivity contribution in [1.82, 2.24) is 10.2 Å². The van der Waals surface area contributed by atoms with Crippen LogP contribution in [0, 0.1) is 0 Å². The number of nitrogens with one attached hydrogen (secondary N) is 1. The molecule has 6 heteroatoms. The molecule has 0 aromatic heterocycles. The second-order valence-electron chi connectivity index (χ2n) is 5.43. The van der Waals surface area contributed by atoms with Crippen molar-refractivity contribution in [3.8, 4) is 0 Å². The van der Waals surface area contributed by atoms with Crippen LogP contribution in [-0.4, -0.2) is 48.4 Å². The maximum Gasteiger partial charge on any atom is 0.326 e. The Morgan fingerprint density at radius 1 is 1.26 bits per heavy atom. The molecule has 23 heavy (non-hydrogen) atoms. The molecule has 0 saturated carbocycles. The number of hydrogen-bond acceptors (Lipinski definition) is 5. The Balaban J connectivity index is 2.09. The molecule has 1 fully saturated rings. The first-order chi connectivity index (χ1) is 11.1. The molecular weight excluding hydrogens is 296 g/mol. The van der Waals surface area contributed by atoms with Crippen molar-refractivity contribution in [2.45, 2.75) is 32.2 Å². The Hall–Kier alpha value is -2.21. The molecule has 2 rings (SSSR count). The van der Waals surface area contributed by atoms with Crippen molar-refractivity contribution < 1.29 is 19.1 Å². The third-order valence-corrected chi connectivity index (χ3v) is 3.72. The van der Waals surface area contributed by atoms with Crippen molar-refractivity contribution in [3.05, 3.63) is 35.9 Å². The number of amides is 2. The van der Waals surface area contributed by atoms with Gasteiger partial charge in [-0.15, -0.1) is 0 Å². The highest BCUT2D eigenvalue weighted by Gasteiger charge is 2.32. The quantitative estimate of drug-likeness (QED) is 0.789. The van der Waals surface area contributed by atoms with Gasteiger partial charge in [-0.25, -0.2) is 0 Å². The molecule has 1 aliphatic rings. The van der Waals surface area contributed by atoms with Gasteiger partial charge in [0.2, 0.25) is 11.8 Å². The van der Waals surface area contributed by atoms with E-state index in [2.05, 4.69) is 5.32 Å². The minimum absolute atomic E-state index is 0.0820. The summed E-state index contributed by atoms with van der Waals surface area (Å²) in [6, 6.07) is 8.76. The Labute approximate surface area is 135 Å². The molecule has 0 spiro atoms. The summed E-state index contributed by atoms with van der Waals surface area (Å²) < 4.78 is 4.88. The van der Waals surface area contributed by atoms with Crippen LogP contribution in [0.4, 0.5) is 0 Å². The van der Waals surface area contributed by atoms with Crippen LogP contribution in [0.5, 0.6) is 0 Å². The number of carbonyl (C=O) groups excluding carboxylic acids is 3. The molecule has 0 unspecified atom stereocenters. The van der Waals surface area contributed by atoms with Crippen LogP contribution in [0.1, 0.15) is 25.3 Å². The van der Waals surface area contributed by atoms with Crippen LogP contribution in [0.2, 0.25) is 0 Å². The van der Waals surface area contributed by atoms with Crippen LogP contribution in [0.3, 0.4) is 0 Å². The molecule has 1 heterocycles. The van der Waals surface area contributed by atoms with Gasteiger partial charge in [0.15, 0.2) is 0 Å². The number of imide groups is 1. The van der Waals surface area contributed by atoms with Gasteiger partial charge in [0.25, 0.3) is 0 Å². The van der Waals surface area contributed by atoms with Crippen LogP contribution in [0.25, 0.3) is 0 Å². The van der Waals surface area contributed by atoms with E-state index in [0.717, 1.165) is 23.4 Å². The number of carbonyl (C=O) groups is 3. The van der Waals surface area contributed by atoms with Crippen molar-refractivity contribution >= 4 is 17.8 Å². The lowest BCUT2D eigenvalue weighted by Crippen LogP contribution is -2.49. The molecule has 1 aliphatic heterocycles. The first-order valence-corrected chi connectivity index (χ1v) is 7.89. The zero-order valence-corrected chi connectivity index (χ0v) is 13.3. The summed E-state index contributed by atoms with van der Waals surface area (Å²) in [5, 5.41) is 3.07. The maximum absolute atomic E-state index is 12.6. The van der Waals surface area contributed by atoms with Crippen LogP contribution < -0.4 is 5.32 Å². The fraction of sp³-hybridized carbons (Fsp3) is 0.471. The lowest BCUT2D eigenvalue weighted by Gasteiger charge is -2.23. The second kappa shape index (κ2) is 8.43. The van der Waals surface area contributed by atoms with Gasteiger partial charge in [0.1, 0.15) is 6.54 Å². The largest absolute Gasteiger partial charge is 0.465 e. The van der Waals surface area contributed by atoms with Crippen molar-refractivity contribution in [2.75, 3.05) is 19.7 Å². The highest BCUT2D eigenvalue weighted by molar-refractivity contribution is 6.01. The molecule has 1 aromatic rings. The Kier molecular flexibility index (Phi) is 6.29. The smallest absolute Gasteiger partial charge is 0.326 e. The summed E-state index contributed by atoms with van der Waals surface area (Å²) in [5.41, 5.74) is 0.804. The Morgan fingerprint density at radius 2 is 2.00 bits per heavy atom. The zero-order chi connectivity index (χ0) is 16.7. The van der Waals surface area contributed by atoms with E-state index in [1.807, 2.05) is 30.3 Å². The number of nitrogens with zero attached hydrogens (tertiary/aromatic N) is 1. The summed E-state index contributed by atoms with van der Waals surface area (Å²) in [6.45, 7) is 2.32. The highest BCUT2D eigenvalue weighted by atomic mass is 16.5.